The van der Waals surface area contributed by atoms with Crippen molar-refractivity contribution in [2.75, 3.05) is 11.9 Å². The minimum atomic E-state index is -0.421. The third-order valence-corrected chi connectivity index (χ3v) is 5.41. The summed E-state index contributed by atoms with van der Waals surface area (Å²) in [5.41, 5.74) is 1.41. The quantitative estimate of drug-likeness (QED) is 0.432. The van der Waals surface area contributed by atoms with Crippen molar-refractivity contribution in [1.29, 1.82) is 0 Å². The van der Waals surface area contributed by atoms with Gasteiger partial charge in [0.25, 0.3) is 0 Å². The van der Waals surface area contributed by atoms with Gasteiger partial charge in [0.15, 0.2) is 0 Å². The number of hydrogen-bond acceptors (Lipinski definition) is 3. The van der Waals surface area contributed by atoms with Crippen LogP contribution in [0.4, 0.5) is 10.5 Å². The van der Waals surface area contributed by atoms with Gasteiger partial charge in [-0.2, -0.15) is 0 Å². The summed E-state index contributed by atoms with van der Waals surface area (Å²) in [6.07, 6.45) is 1.57. The summed E-state index contributed by atoms with van der Waals surface area (Å²) in [7, 11) is 0. The minimum Gasteiger partial charge on any atom is -0.467 e. The highest BCUT2D eigenvalue weighted by molar-refractivity contribution is 6.36. The topological polar surface area (TPSA) is 65.8 Å². The normalized spacial score (nSPS) is 10.8. The first-order chi connectivity index (χ1) is 15.3. The Kier molecular flexibility index (Phi) is 8.20. The molecule has 32 heavy (non-hydrogen) atoms. The highest BCUT2D eigenvalue weighted by Crippen LogP contribution is 2.26. The number of carbonyl (C=O) groups excluding carboxylic acids is 2. The second kappa shape index (κ2) is 11.1. The molecule has 0 aliphatic rings. The second-order valence-electron chi connectivity index (χ2n) is 7.59. The number of furan rings is 1. The van der Waals surface area contributed by atoms with Gasteiger partial charge in [-0.1, -0.05) is 53.5 Å². The predicted octanol–water partition coefficient (Wildman–Crippen LogP) is 6.06. The monoisotopic (exact) mass is 473 g/mol. The zero-order valence-electron chi connectivity index (χ0n) is 17.9. The molecule has 2 aromatic carbocycles. The molecule has 0 atom stereocenters. The minimum absolute atomic E-state index is 0.0950. The molecule has 0 aliphatic carbocycles. The van der Waals surface area contributed by atoms with E-state index < -0.39 is 6.03 Å². The van der Waals surface area contributed by atoms with Gasteiger partial charge < -0.3 is 19.5 Å². The summed E-state index contributed by atoms with van der Waals surface area (Å²) >= 11 is 12.1. The maximum Gasteiger partial charge on any atom is 0.322 e. The first kappa shape index (κ1) is 23.7. The van der Waals surface area contributed by atoms with Crippen molar-refractivity contribution in [3.8, 4) is 0 Å². The van der Waals surface area contributed by atoms with Gasteiger partial charge in [0.2, 0.25) is 5.91 Å². The number of amides is 3. The molecule has 0 saturated heterocycles. The summed E-state index contributed by atoms with van der Waals surface area (Å²) in [6, 6.07) is 17.5. The van der Waals surface area contributed by atoms with Gasteiger partial charge in [0, 0.05) is 17.6 Å². The molecular formula is C24H25Cl2N3O3. The van der Waals surface area contributed by atoms with E-state index in [1.807, 2.05) is 50.2 Å². The Morgan fingerprint density at radius 2 is 1.75 bits per heavy atom. The van der Waals surface area contributed by atoms with Gasteiger partial charge in [0.1, 0.15) is 12.3 Å². The van der Waals surface area contributed by atoms with E-state index in [0.29, 0.717) is 34.6 Å². The molecule has 0 bridgehead atoms. The molecule has 3 rings (SSSR count). The molecule has 168 valence electrons. The smallest absolute Gasteiger partial charge is 0.322 e. The molecule has 1 aromatic heterocycles. The van der Waals surface area contributed by atoms with Crippen LogP contribution in [0.3, 0.4) is 0 Å². The lowest BCUT2D eigenvalue weighted by Gasteiger charge is -2.30. The van der Waals surface area contributed by atoms with Gasteiger partial charge in [-0.3, -0.25) is 4.79 Å². The van der Waals surface area contributed by atoms with E-state index >= 15 is 0 Å². The lowest BCUT2D eigenvalue weighted by atomic mass is 10.2. The summed E-state index contributed by atoms with van der Waals surface area (Å²) in [4.78, 5) is 29.4. The standard InChI is InChI=1S/C24H25Cl2N3O3/c1-17(2)29(24(31)27-22-11-10-19(25)13-21(22)26)16-23(30)28(15-20-9-6-12-32-20)14-18-7-4-3-5-8-18/h3-13,17H,14-16H2,1-2H3,(H,27,31). The van der Waals surface area contributed by atoms with Crippen LogP contribution in [0.5, 0.6) is 0 Å². The highest BCUT2D eigenvalue weighted by Gasteiger charge is 2.25. The van der Waals surface area contributed by atoms with E-state index in [1.165, 1.54) is 4.90 Å². The molecule has 8 heteroatoms. The molecule has 0 aliphatic heterocycles. The van der Waals surface area contributed by atoms with Crippen LogP contribution in [0.15, 0.2) is 71.3 Å². The fourth-order valence-corrected chi connectivity index (χ4v) is 3.59. The number of nitrogens with one attached hydrogen (secondary N) is 1. The van der Waals surface area contributed by atoms with E-state index in [0.717, 1.165) is 5.56 Å². The molecule has 3 amide bonds. The molecule has 0 spiro atoms. The van der Waals surface area contributed by atoms with Crippen LogP contribution in [0.25, 0.3) is 0 Å². The van der Waals surface area contributed by atoms with E-state index in [9.17, 15) is 9.59 Å². The van der Waals surface area contributed by atoms with Crippen molar-refractivity contribution in [1.82, 2.24) is 9.80 Å². The average Bonchev–Trinajstić information content (AvgIpc) is 3.27. The number of benzene rings is 2. The maximum atomic E-state index is 13.3. The van der Waals surface area contributed by atoms with Crippen LogP contribution in [0.2, 0.25) is 10.0 Å². The number of halogens is 2. The van der Waals surface area contributed by atoms with E-state index in [4.69, 9.17) is 27.6 Å². The molecule has 0 fully saturated rings. The SMILES string of the molecule is CC(C)N(CC(=O)N(Cc1ccccc1)Cc1ccco1)C(=O)Nc1ccc(Cl)cc1Cl. The predicted molar refractivity (Wildman–Crippen MR) is 127 cm³/mol. The Labute approximate surface area is 197 Å². The average molecular weight is 474 g/mol. The van der Waals surface area contributed by atoms with Crippen LogP contribution in [-0.2, 0) is 17.9 Å². The van der Waals surface area contributed by atoms with Gasteiger partial charge >= 0.3 is 6.03 Å². The summed E-state index contributed by atoms with van der Waals surface area (Å²) in [5, 5.41) is 3.56. The zero-order chi connectivity index (χ0) is 23.1. The molecule has 0 radical (unpaired) electrons. The van der Waals surface area contributed by atoms with E-state index in [1.54, 1.807) is 35.4 Å². The Bertz CT molecular complexity index is 1040. The fourth-order valence-electron chi connectivity index (χ4n) is 3.14. The van der Waals surface area contributed by atoms with E-state index in [-0.39, 0.29) is 18.5 Å². The molecule has 1 N–H and O–H groups in total. The van der Waals surface area contributed by atoms with Crippen LogP contribution < -0.4 is 5.32 Å². The lowest BCUT2D eigenvalue weighted by molar-refractivity contribution is -0.133. The fraction of sp³-hybridized carbons (Fsp3) is 0.250. The maximum absolute atomic E-state index is 13.3. The summed E-state index contributed by atoms with van der Waals surface area (Å²) in [5.74, 6) is 0.471. The third-order valence-electron chi connectivity index (χ3n) is 4.86. The Balaban J connectivity index is 1.75. The van der Waals surface area contributed by atoms with Crippen molar-refractivity contribution in [3.63, 3.8) is 0 Å². The largest absolute Gasteiger partial charge is 0.467 e. The van der Waals surface area contributed by atoms with Crippen LogP contribution in [0, 0.1) is 0 Å². The molecule has 6 nitrogen and oxygen atoms in total. The lowest BCUT2D eigenvalue weighted by Crippen LogP contribution is -2.47. The van der Waals surface area contributed by atoms with Gasteiger partial charge in [0.05, 0.1) is 23.5 Å². The number of urea groups is 1. The Morgan fingerprint density at radius 1 is 1.00 bits per heavy atom. The van der Waals surface area contributed by atoms with Gasteiger partial charge in [-0.25, -0.2) is 4.79 Å². The Morgan fingerprint density at radius 3 is 2.38 bits per heavy atom. The number of anilines is 1. The van der Waals surface area contributed by atoms with Crippen molar-refractivity contribution in [2.45, 2.75) is 33.0 Å². The van der Waals surface area contributed by atoms with Gasteiger partial charge in [-0.05, 0) is 49.7 Å². The number of hydrogen-bond donors (Lipinski definition) is 1. The molecular weight excluding hydrogens is 449 g/mol. The highest BCUT2D eigenvalue weighted by atomic mass is 35.5. The molecule has 0 saturated carbocycles. The number of nitrogens with zero attached hydrogens (tertiary/aromatic N) is 2. The van der Waals surface area contributed by atoms with Crippen molar-refractivity contribution >= 4 is 40.8 Å². The number of rotatable bonds is 8. The first-order valence-corrected chi connectivity index (χ1v) is 11.0. The third kappa shape index (κ3) is 6.52. The summed E-state index contributed by atoms with van der Waals surface area (Å²) in [6.45, 7) is 4.31. The second-order valence-corrected chi connectivity index (χ2v) is 8.43. The van der Waals surface area contributed by atoms with E-state index in [2.05, 4.69) is 5.32 Å². The van der Waals surface area contributed by atoms with Gasteiger partial charge in [-0.15, -0.1) is 0 Å². The Hall–Kier alpha value is -2.96. The summed E-state index contributed by atoms with van der Waals surface area (Å²) < 4.78 is 5.44. The number of carbonyl (C=O) groups is 2. The molecule has 0 unspecified atom stereocenters. The van der Waals surface area contributed by atoms with Crippen molar-refractivity contribution in [3.05, 3.63) is 88.3 Å². The van der Waals surface area contributed by atoms with Crippen molar-refractivity contribution < 1.29 is 14.0 Å². The zero-order valence-corrected chi connectivity index (χ0v) is 19.4. The molecule has 3 aromatic rings. The first-order valence-electron chi connectivity index (χ1n) is 10.2. The van der Waals surface area contributed by atoms with Crippen molar-refractivity contribution in [2.24, 2.45) is 0 Å². The van der Waals surface area contributed by atoms with Crippen LogP contribution in [0.1, 0.15) is 25.2 Å². The van der Waals surface area contributed by atoms with Crippen LogP contribution in [-0.4, -0.2) is 34.3 Å². The molecule has 1 heterocycles. The van der Waals surface area contributed by atoms with Crippen LogP contribution >= 0.6 is 23.2 Å².